The fraction of sp³-hybridized carbons (Fsp3) is 0.300. The molecule has 0 radical (unpaired) electrons. The zero-order valence-corrected chi connectivity index (χ0v) is 14.8. The topological polar surface area (TPSA) is 55.8 Å². The van der Waals surface area contributed by atoms with Crippen LogP contribution in [-0.4, -0.2) is 22.7 Å². The Labute approximate surface area is 147 Å². The average molecular weight is 339 g/mol. The lowest BCUT2D eigenvalue weighted by Crippen LogP contribution is -2.53. The third-order valence-corrected chi connectivity index (χ3v) is 4.89. The van der Waals surface area contributed by atoms with Crippen LogP contribution in [0.25, 0.3) is 0 Å². The summed E-state index contributed by atoms with van der Waals surface area (Å²) >= 11 is 0. The molecule has 25 heavy (non-hydrogen) atoms. The SMILES string of the molecule is Cc1ccc(OC(=O)N2C(=O)OC(C)(C)C2(C)c2ccccc2)cc1. The molecule has 1 heterocycles. The molecule has 5 nitrogen and oxygen atoms in total. The van der Waals surface area contributed by atoms with Crippen LogP contribution in [0.4, 0.5) is 9.59 Å². The molecule has 2 amide bonds. The van der Waals surface area contributed by atoms with Crippen molar-refractivity contribution >= 4 is 12.2 Å². The smallest absolute Gasteiger partial charge is 0.425 e. The van der Waals surface area contributed by atoms with E-state index in [1.807, 2.05) is 56.3 Å². The van der Waals surface area contributed by atoms with Crippen LogP contribution in [0.2, 0.25) is 0 Å². The number of carbonyl (C=O) groups is 2. The maximum absolute atomic E-state index is 12.8. The third-order valence-electron chi connectivity index (χ3n) is 4.89. The summed E-state index contributed by atoms with van der Waals surface area (Å²) in [4.78, 5) is 26.3. The number of amides is 2. The standard InChI is InChI=1S/C20H21NO4/c1-14-10-12-16(13-11-14)24-17(22)21-18(23)25-19(2,3)20(21,4)15-8-6-5-7-9-15/h5-13H,1-4H3. The lowest BCUT2D eigenvalue weighted by Gasteiger charge is -2.38. The third kappa shape index (κ3) is 2.76. The number of benzene rings is 2. The minimum Gasteiger partial charge on any atom is -0.440 e. The second kappa shape index (κ2) is 5.92. The maximum atomic E-state index is 12.8. The molecule has 1 aliphatic heterocycles. The Kier molecular flexibility index (Phi) is 4.03. The van der Waals surface area contributed by atoms with Gasteiger partial charge in [0.25, 0.3) is 0 Å². The first kappa shape index (κ1) is 17.0. The van der Waals surface area contributed by atoms with Crippen molar-refractivity contribution in [1.29, 1.82) is 0 Å². The number of imide groups is 1. The molecule has 1 unspecified atom stereocenters. The van der Waals surface area contributed by atoms with E-state index < -0.39 is 23.3 Å². The fourth-order valence-corrected chi connectivity index (χ4v) is 3.06. The predicted molar refractivity (Wildman–Crippen MR) is 93.4 cm³/mol. The number of ether oxygens (including phenoxy) is 2. The van der Waals surface area contributed by atoms with E-state index in [1.165, 1.54) is 0 Å². The number of rotatable bonds is 2. The van der Waals surface area contributed by atoms with Crippen molar-refractivity contribution < 1.29 is 19.1 Å². The van der Waals surface area contributed by atoms with Gasteiger partial charge in [0.2, 0.25) is 0 Å². The van der Waals surface area contributed by atoms with Crippen LogP contribution >= 0.6 is 0 Å². The first-order valence-corrected chi connectivity index (χ1v) is 8.13. The molecular weight excluding hydrogens is 318 g/mol. The molecule has 2 aromatic carbocycles. The Morgan fingerprint density at radius 2 is 1.60 bits per heavy atom. The summed E-state index contributed by atoms with van der Waals surface area (Å²) in [7, 11) is 0. The van der Waals surface area contributed by atoms with Crippen molar-refractivity contribution in [2.24, 2.45) is 0 Å². The molecule has 2 aromatic rings. The molecule has 0 aromatic heterocycles. The molecule has 1 fully saturated rings. The van der Waals surface area contributed by atoms with E-state index in [2.05, 4.69) is 0 Å². The molecule has 0 aliphatic carbocycles. The predicted octanol–water partition coefficient (Wildman–Crippen LogP) is 4.64. The van der Waals surface area contributed by atoms with Crippen LogP contribution in [0.3, 0.4) is 0 Å². The highest BCUT2D eigenvalue weighted by Gasteiger charge is 2.61. The largest absolute Gasteiger partial charge is 0.440 e. The Bertz CT molecular complexity index is 798. The summed E-state index contributed by atoms with van der Waals surface area (Å²) < 4.78 is 10.9. The van der Waals surface area contributed by atoms with Crippen molar-refractivity contribution in [3.63, 3.8) is 0 Å². The van der Waals surface area contributed by atoms with Gasteiger partial charge < -0.3 is 9.47 Å². The summed E-state index contributed by atoms with van der Waals surface area (Å²) in [5, 5.41) is 0. The Morgan fingerprint density at radius 3 is 2.20 bits per heavy atom. The fourth-order valence-electron chi connectivity index (χ4n) is 3.06. The molecule has 0 saturated carbocycles. The van der Waals surface area contributed by atoms with Crippen molar-refractivity contribution in [1.82, 2.24) is 4.90 Å². The van der Waals surface area contributed by atoms with E-state index in [0.717, 1.165) is 16.0 Å². The number of hydrogen-bond acceptors (Lipinski definition) is 4. The van der Waals surface area contributed by atoms with Gasteiger partial charge in [-0.05, 0) is 45.4 Å². The lowest BCUT2D eigenvalue weighted by atomic mass is 9.78. The number of nitrogens with zero attached hydrogens (tertiary/aromatic N) is 1. The Hall–Kier alpha value is -2.82. The van der Waals surface area contributed by atoms with Crippen molar-refractivity contribution in [3.8, 4) is 5.75 Å². The highest BCUT2D eigenvalue weighted by Crippen LogP contribution is 2.46. The van der Waals surface area contributed by atoms with Gasteiger partial charge in [-0.25, -0.2) is 9.59 Å². The zero-order chi connectivity index (χ0) is 18.2. The highest BCUT2D eigenvalue weighted by molar-refractivity contribution is 5.92. The highest BCUT2D eigenvalue weighted by atomic mass is 16.6. The molecule has 1 aliphatic rings. The van der Waals surface area contributed by atoms with E-state index in [1.54, 1.807) is 26.0 Å². The van der Waals surface area contributed by atoms with Crippen LogP contribution in [0.5, 0.6) is 5.75 Å². The molecule has 0 N–H and O–H groups in total. The lowest BCUT2D eigenvalue weighted by molar-refractivity contribution is 0.0242. The van der Waals surface area contributed by atoms with Crippen molar-refractivity contribution in [2.75, 3.05) is 0 Å². The van der Waals surface area contributed by atoms with Gasteiger partial charge in [0.1, 0.15) is 16.9 Å². The van der Waals surface area contributed by atoms with E-state index >= 15 is 0 Å². The van der Waals surface area contributed by atoms with Crippen molar-refractivity contribution in [3.05, 3.63) is 65.7 Å². The molecule has 0 bridgehead atoms. The molecule has 130 valence electrons. The quantitative estimate of drug-likeness (QED) is 0.800. The monoisotopic (exact) mass is 339 g/mol. The summed E-state index contributed by atoms with van der Waals surface area (Å²) in [6.07, 6.45) is -1.47. The van der Waals surface area contributed by atoms with E-state index in [-0.39, 0.29) is 0 Å². The van der Waals surface area contributed by atoms with Gasteiger partial charge in [-0.3, -0.25) is 0 Å². The molecule has 3 rings (SSSR count). The second-order valence-corrected chi connectivity index (χ2v) is 6.83. The van der Waals surface area contributed by atoms with Gasteiger partial charge >= 0.3 is 12.2 Å². The van der Waals surface area contributed by atoms with Gasteiger partial charge in [0.05, 0.1) is 0 Å². The van der Waals surface area contributed by atoms with E-state index in [9.17, 15) is 9.59 Å². The average Bonchev–Trinajstić information content (AvgIpc) is 2.76. The minimum atomic E-state index is -0.993. The van der Waals surface area contributed by atoms with Crippen LogP contribution in [0.15, 0.2) is 54.6 Å². The molecular formula is C20H21NO4. The first-order valence-electron chi connectivity index (χ1n) is 8.13. The van der Waals surface area contributed by atoms with Crippen LogP contribution < -0.4 is 4.74 Å². The molecule has 1 saturated heterocycles. The Morgan fingerprint density at radius 1 is 1.00 bits per heavy atom. The van der Waals surface area contributed by atoms with Gasteiger partial charge in [-0.1, -0.05) is 48.0 Å². The first-order chi connectivity index (χ1) is 11.8. The number of aryl methyl sites for hydroxylation is 1. The summed E-state index contributed by atoms with van der Waals surface area (Å²) in [6.45, 7) is 7.33. The van der Waals surface area contributed by atoms with Crippen LogP contribution in [0, 0.1) is 6.92 Å². The summed E-state index contributed by atoms with van der Waals surface area (Å²) in [5.41, 5.74) is -0.0486. The van der Waals surface area contributed by atoms with Crippen molar-refractivity contribution in [2.45, 2.75) is 38.8 Å². The zero-order valence-electron chi connectivity index (χ0n) is 14.8. The van der Waals surface area contributed by atoms with Gasteiger partial charge in [-0.2, -0.15) is 4.90 Å². The van der Waals surface area contributed by atoms with E-state index in [0.29, 0.717) is 5.75 Å². The van der Waals surface area contributed by atoms with Crippen LogP contribution in [0.1, 0.15) is 31.9 Å². The summed E-state index contributed by atoms with van der Waals surface area (Å²) in [5.74, 6) is 0.378. The van der Waals surface area contributed by atoms with Gasteiger partial charge in [0.15, 0.2) is 0 Å². The molecule has 0 spiro atoms. The van der Waals surface area contributed by atoms with Gasteiger partial charge in [0, 0.05) is 0 Å². The van der Waals surface area contributed by atoms with Gasteiger partial charge in [-0.15, -0.1) is 0 Å². The Balaban J connectivity index is 1.98. The second-order valence-electron chi connectivity index (χ2n) is 6.83. The molecule has 1 atom stereocenters. The van der Waals surface area contributed by atoms with Crippen LogP contribution in [-0.2, 0) is 10.3 Å². The maximum Gasteiger partial charge on any atom is 0.425 e. The van der Waals surface area contributed by atoms with E-state index in [4.69, 9.17) is 9.47 Å². The molecule has 5 heteroatoms. The number of hydrogen-bond donors (Lipinski definition) is 0. The summed E-state index contributed by atoms with van der Waals surface area (Å²) in [6, 6.07) is 16.4. The minimum absolute atomic E-state index is 0.378. The number of cyclic esters (lactones) is 1. The number of carbonyl (C=O) groups excluding carboxylic acids is 2. The normalized spacial score (nSPS) is 21.8.